The van der Waals surface area contributed by atoms with Gasteiger partial charge in [-0.25, -0.2) is 0 Å². The number of ether oxygens (including phenoxy) is 1. The molecule has 2 N–H and O–H groups in total. The monoisotopic (exact) mass is 510 g/mol. The Bertz CT molecular complexity index is 726. The first-order valence-corrected chi connectivity index (χ1v) is 9.67. The number of amides is 1. The van der Waals surface area contributed by atoms with Crippen molar-refractivity contribution in [2.24, 2.45) is 4.99 Å². The molecule has 2 aromatic rings. The van der Waals surface area contributed by atoms with E-state index in [4.69, 9.17) is 4.74 Å². The first-order valence-electron chi connectivity index (χ1n) is 9.67. The molecule has 0 aliphatic heterocycles. The van der Waals surface area contributed by atoms with Gasteiger partial charge in [-0.3, -0.25) is 9.79 Å². The molecule has 0 bridgehead atoms. The van der Waals surface area contributed by atoms with Gasteiger partial charge in [-0.2, -0.15) is 0 Å². The van der Waals surface area contributed by atoms with Gasteiger partial charge in [0.1, 0.15) is 12.4 Å². The van der Waals surface area contributed by atoms with Crippen LogP contribution in [0.4, 0.5) is 0 Å². The quantitative estimate of drug-likeness (QED) is 0.223. The summed E-state index contributed by atoms with van der Waals surface area (Å²) in [5, 5.41) is 6.41. The number of halogens is 1. The lowest BCUT2D eigenvalue weighted by atomic mass is 10.2. The van der Waals surface area contributed by atoms with Crippen molar-refractivity contribution in [3.63, 3.8) is 0 Å². The van der Waals surface area contributed by atoms with E-state index in [0.29, 0.717) is 38.6 Å². The number of para-hydroxylation sites is 1. The number of rotatable bonds is 10. The van der Waals surface area contributed by atoms with Gasteiger partial charge in [0, 0.05) is 26.6 Å². The Morgan fingerprint density at radius 3 is 2.34 bits per heavy atom. The summed E-state index contributed by atoms with van der Waals surface area (Å²) in [5.41, 5.74) is 1.12. The molecule has 6 nitrogen and oxygen atoms in total. The molecule has 0 aliphatic carbocycles. The van der Waals surface area contributed by atoms with E-state index in [0.717, 1.165) is 17.9 Å². The highest BCUT2D eigenvalue weighted by molar-refractivity contribution is 14.0. The second-order valence-electron chi connectivity index (χ2n) is 6.33. The largest absolute Gasteiger partial charge is 0.492 e. The van der Waals surface area contributed by atoms with Gasteiger partial charge < -0.3 is 20.3 Å². The molecule has 1 amide bonds. The maximum Gasteiger partial charge on any atom is 0.224 e. The van der Waals surface area contributed by atoms with Crippen LogP contribution < -0.4 is 15.4 Å². The van der Waals surface area contributed by atoms with E-state index in [2.05, 4.69) is 15.6 Å². The van der Waals surface area contributed by atoms with Gasteiger partial charge in [-0.1, -0.05) is 48.5 Å². The van der Waals surface area contributed by atoms with Crippen molar-refractivity contribution in [2.75, 3.05) is 33.3 Å². The molecule has 29 heavy (non-hydrogen) atoms. The zero-order valence-electron chi connectivity index (χ0n) is 17.1. The lowest BCUT2D eigenvalue weighted by Crippen LogP contribution is -2.39. The van der Waals surface area contributed by atoms with Crippen molar-refractivity contribution >= 4 is 35.8 Å². The molecule has 0 atom stereocenters. The van der Waals surface area contributed by atoms with Crippen molar-refractivity contribution in [1.82, 2.24) is 15.5 Å². The van der Waals surface area contributed by atoms with E-state index in [-0.39, 0.29) is 29.9 Å². The summed E-state index contributed by atoms with van der Waals surface area (Å²) < 4.78 is 5.66. The second kappa shape index (κ2) is 14.7. The van der Waals surface area contributed by atoms with Gasteiger partial charge >= 0.3 is 0 Å². The molecule has 0 unspecified atom stereocenters. The van der Waals surface area contributed by atoms with Gasteiger partial charge in [-0.15, -0.1) is 24.0 Å². The summed E-state index contributed by atoms with van der Waals surface area (Å²) in [6, 6.07) is 19.7. The Balaban J connectivity index is 0.00000420. The standard InChI is InChI=1S/C22H30N4O2.HI/c1-3-23-22(25-16-17-28-20-12-8-5-9-13-20)24-15-14-21(27)26(2)18-19-10-6-4-7-11-19;/h4-13H,3,14-18H2,1-2H3,(H2,23,24,25);1H. The summed E-state index contributed by atoms with van der Waals surface area (Å²) in [6.45, 7) is 4.98. The molecule has 2 aromatic carbocycles. The molecular formula is C22H31IN4O2. The summed E-state index contributed by atoms with van der Waals surface area (Å²) in [5.74, 6) is 1.62. The average molecular weight is 510 g/mol. The van der Waals surface area contributed by atoms with E-state index < -0.39 is 0 Å². The van der Waals surface area contributed by atoms with Crippen LogP contribution in [0.25, 0.3) is 0 Å². The molecule has 0 aromatic heterocycles. The summed E-state index contributed by atoms with van der Waals surface area (Å²) >= 11 is 0. The van der Waals surface area contributed by atoms with Crippen LogP contribution in [0.1, 0.15) is 18.9 Å². The fraction of sp³-hybridized carbons (Fsp3) is 0.364. The molecular weight excluding hydrogens is 479 g/mol. The fourth-order valence-corrected chi connectivity index (χ4v) is 2.60. The minimum absolute atomic E-state index is 0. The smallest absolute Gasteiger partial charge is 0.224 e. The summed E-state index contributed by atoms with van der Waals surface area (Å²) in [7, 11) is 1.82. The number of carbonyl (C=O) groups is 1. The zero-order chi connectivity index (χ0) is 20.0. The third kappa shape index (κ3) is 10.2. The number of hydrogen-bond acceptors (Lipinski definition) is 3. The van der Waals surface area contributed by atoms with E-state index >= 15 is 0 Å². The average Bonchev–Trinajstić information content (AvgIpc) is 2.72. The number of benzene rings is 2. The number of guanidine groups is 1. The third-order valence-corrected chi connectivity index (χ3v) is 4.03. The number of nitrogens with zero attached hydrogens (tertiary/aromatic N) is 2. The SMILES string of the molecule is CCNC(=NCCC(=O)N(C)Cc1ccccc1)NCCOc1ccccc1.I. The highest BCUT2D eigenvalue weighted by Gasteiger charge is 2.08. The van der Waals surface area contributed by atoms with Crippen LogP contribution in [0.2, 0.25) is 0 Å². The fourth-order valence-electron chi connectivity index (χ4n) is 2.60. The number of hydrogen-bond donors (Lipinski definition) is 2. The topological polar surface area (TPSA) is 66.0 Å². The van der Waals surface area contributed by atoms with E-state index in [1.54, 1.807) is 4.90 Å². The van der Waals surface area contributed by atoms with Crippen molar-refractivity contribution < 1.29 is 9.53 Å². The Labute approximate surface area is 190 Å². The zero-order valence-corrected chi connectivity index (χ0v) is 19.5. The Kier molecular flexibility index (Phi) is 12.5. The third-order valence-electron chi connectivity index (χ3n) is 4.03. The minimum Gasteiger partial charge on any atom is -0.492 e. The molecule has 7 heteroatoms. The van der Waals surface area contributed by atoms with Crippen LogP contribution in [0, 0.1) is 0 Å². The minimum atomic E-state index is 0. The van der Waals surface area contributed by atoms with Crippen molar-refractivity contribution in [1.29, 1.82) is 0 Å². The molecule has 158 valence electrons. The van der Waals surface area contributed by atoms with Crippen molar-refractivity contribution in [2.45, 2.75) is 19.9 Å². The lowest BCUT2D eigenvalue weighted by Gasteiger charge is -2.17. The Morgan fingerprint density at radius 1 is 1.03 bits per heavy atom. The molecule has 2 rings (SSSR count). The molecule has 0 heterocycles. The first kappa shape index (κ1) is 24.7. The molecule has 0 saturated heterocycles. The van der Waals surface area contributed by atoms with E-state index in [1.165, 1.54) is 0 Å². The van der Waals surface area contributed by atoms with Crippen LogP contribution in [0.3, 0.4) is 0 Å². The van der Waals surface area contributed by atoms with E-state index in [1.807, 2.05) is 74.6 Å². The van der Waals surface area contributed by atoms with E-state index in [9.17, 15) is 4.79 Å². The molecule has 0 spiro atoms. The second-order valence-corrected chi connectivity index (χ2v) is 6.33. The number of carbonyl (C=O) groups excluding carboxylic acids is 1. The van der Waals surface area contributed by atoms with Gasteiger partial charge in [0.25, 0.3) is 0 Å². The van der Waals surface area contributed by atoms with Gasteiger partial charge in [0.15, 0.2) is 5.96 Å². The lowest BCUT2D eigenvalue weighted by molar-refractivity contribution is -0.130. The van der Waals surface area contributed by atoms with Crippen LogP contribution in [0.15, 0.2) is 65.7 Å². The van der Waals surface area contributed by atoms with Crippen molar-refractivity contribution in [3.05, 3.63) is 66.2 Å². The molecule has 0 radical (unpaired) electrons. The van der Waals surface area contributed by atoms with Crippen LogP contribution in [-0.2, 0) is 11.3 Å². The highest BCUT2D eigenvalue weighted by atomic mass is 127. The maximum atomic E-state index is 12.3. The highest BCUT2D eigenvalue weighted by Crippen LogP contribution is 2.07. The summed E-state index contributed by atoms with van der Waals surface area (Å²) in [6.07, 6.45) is 0.375. The van der Waals surface area contributed by atoms with Gasteiger partial charge in [0.05, 0.1) is 13.1 Å². The van der Waals surface area contributed by atoms with Crippen LogP contribution >= 0.6 is 24.0 Å². The Hall–Kier alpha value is -2.29. The van der Waals surface area contributed by atoms with Gasteiger partial charge in [-0.05, 0) is 24.6 Å². The Morgan fingerprint density at radius 2 is 1.69 bits per heavy atom. The number of aliphatic imine (C=N–C) groups is 1. The predicted molar refractivity (Wildman–Crippen MR) is 129 cm³/mol. The molecule has 0 fully saturated rings. The number of nitrogens with one attached hydrogen (secondary N) is 2. The first-order chi connectivity index (χ1) is 13.7. The molecule has 0 aliphatic rings. The van der Waals surface area contributed by atoms with Gasteiger partial charge in [0.2, 0.25) is 5.91 Å². The van der Waals surface area contributed by atoms with Crippen LogP contribution in [-0.4, -0.2) is 50.1 Å². The maximum absolute atomic E-state index is 12.3. The normalized spacial score (nSPS) is 10.6. The van der Waals surface area contributed by atoms with Crippen molar-refractivity contribution in [3.8, 4) is 5.75 Å². The summed E-state index contributed by atoms with van der Waals surface area (Å²) in [4.78, 5) is 18.5. The van der Waals surface area contributed by atoms with Crippen LogP contribution in [0.5, 0.6) is 5.75 Å². The predicted octanol–water partition coefficient (Wildman–Crippen LogP) is 3.29. The molecule has 0 saturated carbocycles.